The van der Waals surface area contributed by atoms with Crippen molar-refractivity contribution in [3.63, 3.8) is 0 Å². The van der Waals surface area contributed by atoms with Gasteiger partial charge in [0.2, 0.25) is 0 Å². The van der Waals surface area contributed by atoms with E-state index in [1.54, 1.807) is 18.2 Å². The Kier molecular flexibility index (Phi) is 8.12. The van der Waals surface area contributed by atoms with Crippen LogP contribution < -0.4 is 4.74 Å². The first-order valence-electron chi connectivity index (χ1n) is 13.7. The molecule has 0 spiro atoms. The Bertz CT molecular complexity index is 1390. The smallest absolute Gasteiger partial charge is 0.335 e. The van der Waals surface area contributed by atoms with Crippen LogP contribution in [0, 0.1) is 18.7 Å². The van der Waals surface area contributed by atoms with E-state index in [9.17, 15) is 18.7 Å². The Labute approximate surface area is 228 Å². The number of likely N-dealkylation sites (tertiary alicyclic amines) is 1. The number of allylic oxidation sites excluding steroid dienone is 1. The van der Waals surface area contributed by atoms with Gasteiger partial charge in [-0.25, -0.2) is 9.18 Å². The van der Waals surface area contributed by atoms with Gasteiger partial charge < -0.3 is 14.7 Å². The lowest BCUT2D eigenvalue weighted by Crippen LogP contribution is -2.47. The van der Waals surface area contributed by atoms with Crippen LogP contribution in [0.2, 0.25) is 0 Å². The highest BCUT2D eigenvalue weighted by Gasteiger charge is 2.27. The molecule has 2 aliphatic rings. The molecule has 4 nitrogen and oxygen atoms in total. The fraction of sp³-hybridized carbons (Fsp3) is 0.364. The second kappa shape index (κ2) is 11.7. The van der Waals surface area contributed by atoms with Gasteiger partial charge in [-0.15, -0.1) is 0 Å². The van der Waals surface area contributed by atoms with Gasteiger partial charge in [0.25, 0.3) is 0 Å². The Morgan fingerprint density at radius 3 is 2.54 bits per heavy atom. The number of carbonyl (C=O) groups is 1. The highest BCUT2D eigenvalue weighted by atomic mass is 19.1. The van der Waals surface area contributed by atoms with Gasteiger partial charge in [-0.3, -0.25) is 4.39 Å². The van der Waals surface area contributed by atoms with Crippen molar-refractivity contribution >= 4 is 17.1 Å². The summed E-state index contributed by atoms with van der Waals surface area (Å²) in [6.45, 7) is 4.56. The molecule has 0 atom stereocenters. The van der Waals surface area contributed by atoms with Gasteiger partial charge in [-0.2, -0.15) is 0 Å². The Morgan fingerprint density at radius 1 is 1.08 bits per heavy atom. The van der Waals surface area contributed by atoms with Crippen molar-refractivity contribution in [1.82, 2.24) is 4.90 Å². The van der Waals surface area contributed by atoms with Crippen LogP contribution in [0.15, 0.2) is 54.6 Å². The predicted octanol–water partition coefficient (Wildman–Crippen LogP) is 6.97. The number of hydrogen-bond donors (Lipinski definition) is 1. The number of carboxylic acid groups (broad SMARTS) is 1. The fourth-order valence-corrected chi connectivity index (χ4v) is 6.14. The predicted molar refractivity (Wildman–Crippen MR) is 151 cm³/mol. The van der Waals surface area contributed by atoms with Gasteiger partial charge in [0.15, 0.2) is 11.6 Å². The largest absolute Gasteiger partial charge is 0.493 e. The van der Waals surface area contributed by atoms with Crippen molar-refractivity contribution in [2.24, 2.45) is 5.92 Å². The molecule has 5 rings (SSSR count). The third-order valence-electron chi connectivity index (χ3n) is 8.03. The summed E-state index contributed by atoms with van der Waals surface area (Å²) in [6.07, 6.45) is 3.84. The van der Waals surface area contributed by atoms with E-state index in [0.29, 0.717) is 18.8 Å². The van der Waals surface area contributed by atoms with Gasteiger partial charge >= 0.3 is 5.97 Å². The van der Waals surface area contributed by atoms with Gasteiger partial charge in [-0.05, 0) is 102 Å². The van der Waals surface area contributed by atoms with E-state index in [1.807, 2.05) is 13.0 Å². The second-order valence-electron chi connectivity index (χ2n) is 10.7. The van der Waals surface area contributed by atoms with E-state index in [2.05, 4.69) is 29.2 Å². The molecule has 1 aliphatic carbocycles. The quantitative estimate of drug-likeness (QED) is 0.324. The van der Waals surface area contributed by atoms with Crippen molar-refractivity contribution in [2.45, 2.75) is 39.0 Å². The normalized spacial score (nSPS) is 16.0. The second-order valence-corrected chi connectivity index (χ2v) is 10.7. The minimum absolute atomic E-state index is 0.243. The Hall–Kier alpha value is -3.51. The summed E-state index contributed by atoms with van der Waals surface area (Å²) >= 11 is 0. The van der Waals surface area contributed by atoms with Crippen LogP contribution in [0.1, 0.15) is 63.0 Å². The van der Waals surface area contributed by atoms with Crippen LogP contribution in [0.4, 0.5) is 8.78 Å². The van der Waals surface area contributed by atoms with Gasteiger partial charge in [0.05, 0.1) is 19.3 Å². The maximum absolute atomic E-state index is 14.9. The molecule has 3 aromatic carbocycles. The van der Waals surface area contributed by atoms with E-state index in [4.69, 9.17) is 4.74 Å². The van der Waals surface area contributed by atoms with Crippen LogP contribution in [0.25, 0.3) is 11.1 Å². The zero-order chi connectivity index (χ0) is 27.5. The van der Waals surface area contributed by atoms with Crippen molar-refractivity contribution < 1.29 is 23.4 Å². The summed E-state index contributed by atoms with van der Waals surface area (Å²) in [5, 5.41) is 9.60. The first kappa shape index (κ1) is 27.1. The number of nitrogens with zero attached hydrogens (tertiary/aromatic N) is 1. The number of aryl methyl sites for hydroxylation is 2. The van der Waals surface area contributed by atoms with Gasteiger partial charge in [0, 0.05) is 25.2 Å². The summed E-state index contributed by atoms with van der Waals surface area (Å²) < 4.78 is 33.0. The molecule has 0 radical (unpaired) electrons. The number of aromatic carboxylic acids is 1. The molecule has 1 fully saturated rings. The Morgan fingerprint density at radius 2 is 1.85 bits per heavy atom. The first-order chi connectivity index (χ1) is 18.9. The molecule has 204 valence electrons. The zero-order valence-corrected chi connectivity index (χ0v) is 22.6. The van der Waals surface area contributed by atoms with Gasteiger partial charge in [-0.1, -0.05) is 36.4 Å². The number of methoxy groups -OCH3 is 1. The number of halogens is 2. The fourth-order valence-electron chi connectivity index (χ4n) is 6.14. The summed E-state index contributed by atoms with van der Waals surface area (Å²) in [6, 6.07) is 17.1. The van der Waals surface area contributed by atoms with Crippen LogP contribution in [0.3, 0.4) is 0 Å². The molecule has 6 heteroatoms. The first-order valence-corrected chi connectivity index (χ1v) is 13.7. The topological polar surface area (TPSA) is 49.8 Å². The van der Waals surface area contributed by atoms with Crippen LogP contribution in [-0.4, -0.2) is 49.4 Å². The minimum atomic E-state index is -0.945. The average Bonchev–Trinajstić information content (AvgIpc) is 3.10. The van der Waals surface area contributed by atoms with E-state index < -0.39 is 11.8 Å². The average molecular weight is 532 g/mol. The molecule has 0 unspecified atom stereocenters. The number of rotatable bonds is 9. The third kappa shape index (κ3) is 5.62. The molecule has 39 heavy (non-hydrogen) atoms. The molecule has 1 aliphatic heterocycles. The molecule has 0 bridgehead atoms. The maximum atomic E-state index is 14.9. The molecule has 0 saturated carbocycles. The van der Waals surface area contributed by atoms with Crippen LogP contribution in [0.5, 0.6) is 5.75 Å². The lowest BCUT2D eigenvalue weighted by atomic mass is 9.84. The number of carboxylic acids is 1. The highest BCUT2D eigenvalue weighted by Crippen LogP contribution is 2.44. The zero-order valence-electron chi connectivity index (χ0n) is 22.6. The number of fused-ring (bicyclic) bond motifs is 1. The number of benzene rings is 3. The summed E-state index contributed by atoms with van der Waals surface area (Å²) in [5.41, 5.74) is 8.23. The van der Waals surface area contributed by atoms with Crippen molar-refractivity contribution in [3.05, 3.63) is 99.4 Å². The van der Waals surface area contributed by atoms with Gasteiger partial charge in [0.1, 0.15) is 0 Å². The SMILES string of the molecule is COc1c(F)ccc(C)c1C1=C(c2ccc(CC3CN(CCCF)C3)cc2)c2ccc(C(=O)O)cc2CCC1. The lowest BCUT2D eigenvalue weighted by Gasteiger charge is -2.39. The number of ether oxygens (including phenoxy) is 1. The van der Waals surface area contributed by atoms with Crippen LogP contribution in [-0.2, 0) is 12.8 Å². The van der Waals surface area contributed by atoms with Crippen molar-refractivity contribution in [1.29, 1.82) is 0 Å². The third-order valence-corrected chi connectivity index (χ3v) is 8.03. The molecule has 0 amide bonds. The number of hydrogen-bond acceptors (Lipinski definition) is 3. The summed E-state index contributed by atoms with van der Waals surface area (Å²) in [7, 11) is 1.50. The van der Waals surface area contributed by atoms with Crippen molar-refractivity contribution in [2.75, 3.05) is 33.4 Å². The lowest BCUT2D eigenvalue weighted by molar-refractivity contribution is 0.0696. The Balaban J connectivity index is 1.56. The summed E-state index contributed by atoms with van der Waals surface area (Å²) in [5.74, 6) is -0.518. The van der Waals surface area contributed by atoms with E-state index in [-0.39, 0.29) is 18.0 Å². The molecular formula is C33H35F2NO3. The standard InChI is InChI=1S/C33H35F2NO3/c1-21-7-14-29(35)32(39-2)30(21)28-6-3-5-25-18-26(33(37)38)12-13-27(25)31(28)24-10-8-22(9-11-24)17-23-19-36(20-23)16-4-15-34/h7-14,18,23H,3-6,15-17,19-20H2,1-2H3,(H,37,38). The van der Waals surface area contributed by atoms with E-state index in [0.717, 1.165) is 77.9 Å². The molecule has 1 N–H and O–H groups in total. The highest BCUT2D eigenvalue weighted by molar-refractivity contribution is 6.02. The van der Waals surface area contributed by atoms with E-state index in [1.165, 1.54) is 18.7 Å². The van der Waals surface area contributed by atoms with Crippen molar-refractivity contribution in [3.8, 4) is 5.75 Å². The van der Waals surface area contributed by atoms with E-state index >= 15 is 0 Å². The number of alkyl halides is 1. The van der Waals surface area contributed by atoms with Crippen LogP contribution >= 0.6 is 0 Å². The maximum Gasteiger partial charge on any atom is 0.335 e. The molecular weight excluding hydrogens is 496 g/mol. The monoisotopic (exact) mass is 531 g/mol. The molecule has 3 aromatic rings. The summed E-state index contributed by atoms with van der Waals surface area (Å²) in [4.78, 5) is 14.0. The minimum Gasteiger partial charge on any atom is -0.493 e. The molecule has 0 aromatic heterocycles. The molecule has 1 heterocycles. The molecule has 1 saturated heterocycles.